The number of benzene rings is 3. The molecule has 0 unspecified atom stereocenters. The Bertz CT molecular complexity index is 1390. The molecule has 0 aliphatic carbocycles. The number of carbonyl (C=O) groups is 3. The van der Waals surface area contributed by atoms with Gasteiger partial charge in [0, 0.05) is 10.6 Å². The smallest absolute Gasteiger partial charge is 0.335 e. The van der Waals surface area contributed by atoms with E-state index in [1.807, 2.05) is 25.1 Å². The first-order chi connectivity index (χ1) is 17.3. The van der Waals surface area contributed by atoms with Gasteiger partial charge in [-0.05, 0) is 71.2 Å². The van der Waals surface area contributed by atoms with Gasteiger partial charge in [-0.2, -0.15) is 0 Å². The lowest BCUT2D eigenvalue weighted by atomic mass is 10.1. The van der Waals surface area contributed by atoms with Crippen LogP contribution in [0.25, 0.3) is 6.08 Å². The van der Waals surface area contributed by atoms with E-state index in [4.69, 9.17) is 21.1 Å². The van der Waals surface area contributed by atoms with Gasteiger partial charge in [0.25, 0.3) is 11.8 Å². The molecule has 7 nitrogen and oxygen atoms in total. The van der Waals surface area contributed by atoms with Crippen LogP contribution in [0.5, 0.6) is 11.5 Å². The van der Waals surface area contributed by atoms with E-state index in [9.17, 15) is 14.4 Å². The van der Waals surface area contributed by atoms with E-state index in [2.05, 4.69) is 21.2 Å². The average Bonchev–Trinajstić information content (AvgIpc) is 2.83. The van der Waals surface area contributed by atoms with E-state index >= 15 is 0 Å². The molecule has 1 aliphatic heterocycles. The highest BCUT2D eigenvalue weighted by molar-refractivity contribution is 9.10. The zero-order chi connectivity index (χ0) is 25.8. The Morgan fingerprint density at radius 3 is 2.47 bits per heavy atom. The molecule has 0 saturated carbocycles. The predicted molar refractivity (Wildman–Crippen MR) is 141 cm³/mol. The van der Waals surface area contributed by atoms with Gasteiger partial charge in [-0.25, -0.2) is 9.69 Å². The van der Waals surface area contributed by atoms with E-state index in [0.29, 0.717) is 38.9 Å². The molecule has 4 rings (SSSR count). The highest BCUT2D eigenvalue weighted by atomic mass is 79.9. The molecular weight excluding hydrogens is 548 g/mol. The highest BCUT2D eigenvalue weighted by Crippen LogP contribution is 2.38. The van der Waals surface area contributed by atoms with Crippen molar-refractivity contribution in [2.24, 2.45) is 0 Å². The molecule has 1 N–H and O–H groups in total. The molecule has 0 radical (unpaired) electrons. The molecule has 9 heteroatoms. The topological polar surface area (TPSA) is 84.9 Å². The lowest BCUT2D eigenvalue weighted by molar-refractivity contribution is -0.122. The summed E-state index contributed by atoms with van der Waals surface area (Å²) in [7, 11) is 0. The first kappa shape index (κ1) is 25.5. The maximum absolute atomic E-state index is 13.3. The molecule has 1 heterocycles. The second-order valence-corrected chi connectivity index (χ2v) is 9.15. The SMILES string of the molecule is CCOc1cc(/C=C2\C(=O)NC(=O)N(c3ccccc3C)C2=O)cc(Br)c1OCc1ccccc1Cl. The Kier molecular flexibility index (Phi) is 7.76. The maximum atomic E-state index is 13.3. The number of para-hydroxylation sites is 1. The molecular formula is C27H22BrClN2O5. The summed E-state index contributed by atoms with van der Waals surface area (Å²) in [5, 5.41) is 2.83. The summed E-state index contributed by atoms with van der Waals surface area (Å²) < 4.78 is 12.3. The summed E-state index contributed by atoms with van der Waals surface area (Å²) in [5.74, 6) is -0.620. The average molecular weight is 570 g/mol. The van der Waals surface area contributed by atoms with Crippen molar-refractivity contribution >= 4 is 57.1 Å². The Morgan fingerprint density at radius 2 is 1.75 bits per heavy atom. The Balaban J connectivity index is 1.68. The predicted octanol–water partition coefficient (Wildman–Crippen LogP) is 6.06. The van der Waals surface area contributed by atoms with Gasteiger partial charge in [0.15, 0.2) is 11.5 Å². The number of amides is 4. The van der Waals surface area contributed by atoms with Crippen LogP contribution in [0.3, 0.4) is 0 Å². The minimum Gasteiger partial charge on any atom is -0.490 e. The van der Waals surface area contributed by atoms with Gasteiger partial charge in [-0.3, -0.25) is 14.9 Å². The van der Waals surface area contributed by atoms with Crippen LogP contribution >= 0.6 is 27.5 Å². The van der Waals surface area contributed by atoms with Crippen molar-refractivity contribution in [2.45, 2.75) is 20.5 Å². The maximum Gasteiger partial charge on any atom is 0.335 e. The third-order valence-corrected chi connectivity index (χ3v) is 6.39. The van der Waals surface area contributed by atoms with Gasteiger partial charge in [0.05, 0.1) is 16.8 Å². The zero-order valence-corrected chi connectivity index (χ0v) is 21.9. The monoisotopic (exact) mass is 568 g/mol. The van der Waals surface area contributed by atoms with Crippen molar-refractivity contribution in [2.75, 3.05) is 11.5 Å². The number of carbonyl (C=O) groups excluding carboxylic acids is 3. The Morgan fingerprint density at radius 1 is 1.03 bits per heavy atom. The molecule has 1 saturated heterocycles. The van der Waals surface area contributed by atoms with E-state index in [1.165, 1.54) is 6.08 Å². The van der Waals surface area contributed by atoms with Crippen LogP contribution in [0.2, 0.25) is 5.02 Å². The third-order valence-electron chi connectivity index (χ3n) is 5.43. The van der Waals surface area contributed by atoms with Crippen LogP contribution in [0.1, 0.15) is 23.6 Å². The fraction of sp³-hybridized carbons (Fsp3) is 0.148. The fourth-order valence-electron chi connectivity index (χ4n) is 3.70. The van der Waals surface area contributed by atoms with Gasteiger partial charge in [0.2, 0.25) is 0 Å². The molecule has 36 heavy (non-hydrogen) atoms. The van der Waals surface area contributed by atoms with Crippen molar-refractivity contribution in [3.8, 4) is 11.5 Å². The van der Waals surface area contributed by atoms with E-state index in [0.717, 1.165) is 16.0 Å². The van der Waals surface area contributed by atoms with Crippen molar-refractivity contribution < 1.29 is 23.9 Å². The summed E-state index contributed by atoms with van der Waals surface area (Å²) in [4.78, 5) is 39.3. The molecule has 184 valence electrons. The number of urea groups is 1. The summed E-state index contributed by atoms with van der Waals surface area (Å²) in [6, 6.07) is 16.9. The number of imide groups is 2. The normalized spacial score (nSPS) is 14.7. The number of aryl methyl sites for hydroxylation is 1. The number of halogens is 2. The van der Waals surface area contributed by atoms with Gasteiger partial charge < -0.3 is 9.47 Å². The minimum absolute atomic E-state index is 0.183. The molecule has 4 amide bonds. The number of rotatable bonds is 7. The highest BCUT2D eigenvalue weighted by Gasteiger charge is 2.37. The van der Waals surface area contributed by atoms with Crippen molar-refractivity contribution in [1.82, 2.24) is 5.32 Å². The van der Waals surface area contributed by atoms with Crippen LogP contribution in [0.4, 0.5) is 10.5 Å². The summed E-state index contributed by atoms with van der Waals surface area (Å²) in [6.07, 6.45) is 1.42. The van der Waals surface area contributed by atoms with E-state index < -0.39 is 17.8 Å². The van der Waals surface area contributed by atoms with Crippen LogP contribution in [-0.4, -0.2) is 24.5 Å². The number of barbiturate groups is 1. The van der Waals surface area contributed by atoms with Crippen molar-refractivity contribution in [1.29, 1.82) is 0 Å². The van der Waals surface area contributed by atoms with Gasteiger partial charge in [0.1, 0.15) is 12.2 Å². The number of hydrogen-bond acceptors (Lipinski definition) is 5. The fourth-order valence-corrected chi connectivity index (χ4v) is 4.46. The second kappa shape index (κ2) is 11.0. The summed E-state index contributed by atoms with van der Waals surface area (Å²) in [5.41, 5.74) is 2.25. The van der Waals surface area contributed by atoms with Gasteiger partial charge >= 0.3 is 6.03 Å². The number of nitrogens with one attached hydrogen (secondary N) is 1. The number of hydrogen-bond donors (Lipinski definition) is 1. The third kappa shape index (κ3) is 5.29. The Labute approximate surface area is 221 Å². The second-order valence-electron chi connectivity index (χ2n) is 7.89. The van der Waals surface area contributed by atoms with Crippen LogP contribution in [0, 0.1) is 6.92 Å². The van der Waals surface area contributed by atoms with E-state index in [-0.39, 0.29) is 12.2 Å². The number of anilines is 1. The summed E-state index contributed by atoms with van der Waals surface area (Å²) in [6.45, 7) is 4.19. The molecule has 0 spiro atoms. The molecule has 0 atom stereocenters. The van der Waals surface area contributed by atoms with Crippen LogP contribution in [-0.2, 0) is 16.2 Å². The number of ether oxygens (including phenoxy) is 2. The Hall–Kier alpha value is -3.62. The van der Waals surface area contributed by atoms with E-state index in [1.54, 1.807) is 49.4 Å². The van der Waals surface area contributed by atoms with Gasteiger partial charge in [-0.1, -0.05) is 48.0 Å². The minimum atomic E-state index is -0.795. The molecule has 0 aromatic heterocycles. The van der Waals surface area contributed by atoms with Crippen LogP contribution in [0.15, 0.2) is 70.7 Å². The largest absolute Gasteiger partial charge is 0.490 e. The zero-order valence-electron chi connectivity index (χ0n) is 19.5. The lowest BCUT2D eigenvalue weighted by Crippen LogP contribution is -2.54. The lowest BCUT2D eigenvalue weighted by Gasteiger charge is -2.27. The number of nitrogens with zero attached hydrogens (tertiary/aromatic N) is 1. The summed E-state index contributed by atoms with van der Waals surface area (Å²) >= 11 is 9.75. The molecule has 3 aromatic carbocycles. The van der Waals surface area contributed by atoms with Gasteiger partial charge in [-0.15, -0.1) is 0 Å². The first-order valence-corrected chi connectivity index (χ1v) is 12.3. The van der Waals surface area contributed by atoms with Crippen LogP contribution < -0.4 is 19.7 Å². The molecule has 3 aromatic rings. The van der Waals surface area contributed by atoms with Crippen molar-refractivity contribution in [3.05, 3.63) is 92.4 Å². The quantitative estimate of drug-likeness (QED) is 0.276. The molecule has 1 aliphatic rings. The van der Waals surface area contributed by atoms with Crippen molar-refractivity contribution in [3.63, 3.8) is 0 Å². The molecule has 0 bridgehead atoms. The first-order valence-electron chi connectivity index (χ1n) is 11.1. The molecule has 1 fully saturated rings. The standard InChI is InChI=1S/C27H22BrClN2O5/c1-3-35-23-14-17(13-20(28)24(23)36-15-18-9-5-6-10-21(18)29)12-19-25(32)30-27(34)31(26(19)33)22-11-7-4-8-16(22)2/h4-14H,3,15H2,1-2H3,(H,30,32,34)/b19-12+.